The number of carbonyl (C=O) groups is 2. The molecule has 0 aliphatic rings. The maximum atomic E-state index is 13.4. The lowest BCUT2D eigenvalue weighted by molar-refractivity contribution is -0.113. The molecule has 0 saturated carbocycles. The van der Waals surface area contributed by atoms with Crippen molar-refractivity contribution in [3.63, 3.8) is 0 Å². The van der Waals surface area contributed by atoms with E-state index < -0.39 is 42.4 Å². The summed E-state index contributed by atoms with van der Waals surface area (Å²) in [6.07, 6.45) is 0. The van der Waals surface area contributed by atoms with Crippen LogP contribution in [0.25, 0.3) is 11.5 Å². The molecular weight excluding hydrogens is 500 g/mol. The molecule has 0 unspecified atom stereocenters. The van der Waals surface area contributed by atoms with E-state index in [9.17, 15) is 22.2 Å². The Balaban J connectivity index is 1.67. The molecule has 1 amide bonds. The van der Waals surface area contributed by atoms with Crippen LogP contribution in [0, 0.1) is 6.92 Å². The van der Waals surface area contributed by atoms with Crippen LogP contribution < -0.4 is 5.32 Å². The number of nitrogens with zero attached hydrogens (tertiary/aromatic N) is 1. The van der Waals surface area contributed by atoms with Crippen LogP contribution in [0.3, 0.4) is 0 Å². The van der Waals surface area contributed by atoms with Crippen LogP contribution in [-0.4, -0.2) is 35.1 Å². The van der Waals surface area contributed by atoms with Gasteiger partial charge in [0.15, 0.2) is 5.78 Å². The number of hydrogen-bond donors (Lipinski definition) is 1. The average molecular weight is 523 g/mol. The Bertz CT molecular complexity index is 1560. The second-order valence-electron chi connectivity index (χ2n) is 7.97. The number of oxazole rings is 1. The standard InChI is InChI=1S/C26H22N2O6S2/c1-17-11-13-22(14-12-17)36(32,33)25-26(34-24(28-25)19-7-4-3-5-8-19)35(31)16-23(30)27-21-10-6-9-20(15-21)18(2)29/h3-15H,16H2,1-2H3,(H,27,30)/t35-/m1/s1. The van der Waals surface area contributed by atoms with Gasteiger partial charge < -0.3 is 9.73 Å². The fourth-order valence-electron chi connectivity index (χ4n) is 3.34. The first-order valence-corrected chi connectivity index (χ1v) is 13.6. The second-order valence-corrected chi connectivity index (χ2v) is 11.2. The number of Topliss-reactive ketones (excluding diaryl/α,β-unsaturated/α-hetero) is 1. The highest BCUT2D eigenvalue weighted by Crippen LogP contribution is 2.31. The van der Waals surface area contributed by atoms with Gasteiger partial charge in [0.05, 0.1) is 4.90 Å². The quantitative estimate of drug-likeness (QED) is 0.340. The smallest absolute Gasteiger partial charge is 0.237 e. The van der Waals surface area contributed by atoms with E-state index in [0.29, 0.717) is 16.8 Å². The summed E-state index contributed by atoms with van der Waals surface area (Å²) in [5.41, 5.74) is 2.11. The largest absolute Gasteiger partial charge is 0.426 e. The summed E-state index contributed by atoms with van der Waals surface area (Å²) in [5, 5.41) is 1.66. The summed E-state index contributed by atoms with van der Waals surface area (Å²) in [6.45, 7) is 3.23. The van der Waals surface area contributed by atoms with Crippen molar-refractivity contribution >= 4 is 38.0 Å². The number of sulfone groups is 1. The van der Waals surface area contributed by atoms with Gasteiger partial charge in [-0.2, -0.15) is 4.98 Å². The number of aryl methyl sites for hydroxylation is 1. The van der Waals surface area contributed by atoms with Crippen LogP contribution in [0.1, 0.15) is 22.8 Å². The maximum Gasteiger partial charge on any atom is 0.237 e. The van der Waals surface area contributed by atoms with Crippen LogP contribution in [0.2, 0.25) is 0 Å². The Kier molecular flexibility index (Phi) is 7.27. The number of ketones is 1. The molecule has 1 aromatic heterocycles. The Morgan fingerprint density at radius 1 is 0.972 bits per heavy atom. The third-order valence-electron chi connectivity index (χ3n) is 5.20. The second kappa shape index (κ2) is 10.4. The van der Waals surface area contributed by atoms with Crippen LogP contribution in [0.5, 0.6) is 0 Å². The van der Waals surface area contributed by atoms with E-state index in [0.717, 1.165) is 5.56 Å². The van der Waals surface area contributed by atoms with Gasteiger partial charge in [-0.05, 0) is 50.2 Å². The average Bonchev–Trinajstić information content (AvgIpc) is 3.32. The van der Waals surface area contributed by atoms with Crippen molar-refractivity contribution in [3.05, 3.63) is 90.0 Å². The minimum Gasteiger partial charge on any atom is -0.426 e. The van der Waals surface area contributed by atoms with E-state index in [1.54, 1.807) is 60.7 Å². The van der Waals surface area contributed by atoms with Crippen molar-refractivity contribution in [2.24, 2.45) is 0 Å². The summed E-state index contributed by atoms with van der Waals surface area (Å²) in [6, 6.07) is 21.0. The van der Waals surface area contributed by atoms with Crippen LogP contribution in [0.4, 0.5) is 5.69 Å². The zero-order valence-electron chi connectivity index (χ0n) is 19.4. The topological polar surface area (TPSA) is 123 Å². The fraction of sp³-hybridized carbons (Fsp3) is 0.115. The Labute approximate surface area is 210 Å². The summed E-state index contributed by atoms with van der Waals surface area (Å²) in [5.74, 6) is -1.43. The molecule has 4 aromatic rings. The number of amides is 1. The molecule has 1 atom stereocenters. The summed E-state index contributed by atoms with van der Waals surface area (Å²) in [4.78, 5) is 28.4. The molecule has 8 nitrogen and oxygen atoms in total. The predicted molar refractivity (Wildman–Crippen MR) is 135 cm³/mol. The molecule has 1 heterocycles. The third kappa shape index (κ3) is 5.50. The van der Waals surface area contributed by atoms with Gasteiger partial charge in [-0.1, -0.05) is 48.0 Å². The first-order valence-electron chi connectivity index (χ1n) is 10.8. The highest BCUT2D eigenvalue weighted by atomic mass is 32.2. The normalized spacial score (nSPS) is 12.2. The molecule has 4 rings (SSSR count). The van der Waals surface area contributed by atoms with E-state index in [1.165, 1.54) is 25.1 Å². The van der Waals surface area contributed by atoms with Crippen molar-refractivity contribution in [1.82, 2.24) is 4.98 Å². The lowest BCUT2D eigenvalue weighted by atomic mass is 10.1. The molecule has 0 saturated heterocycles. The number of hydrogen-bond acceptors (Lipinski definition) is 7. The van der Waals surface area contributed by atoms with E-state index >= 15 is 0 Å². The highest BCUT2D eigenvalue weighted by Gasteiger charge is 2.32. The van der Waals surface area contributed by atoms with E-state index in [2.05, 4.69) is 10.3 Å². The van der Waals surface area contributed by atoms with Gasteiger partial charge in [0, 0.05) is 16.8 Å². The SMILES string of the molecule is CC(=O)c1cccc(NC(=O)C[S@@](=O)c2oc(-c3ccccc3)nc2S(=O)(=O)c2ccc(C)cc2)c1. The van der Waals surface area contributed by atoms with E-state index in [1.807, 2.05) is 6.92 Å². The maximum absolute atomic E-state index is 13.4. The van der Waals surface area contributed by atoms with Gasteiger partial charge in [0.1, 0.15) is 16.6 Å². The molecule has 0 spiro atoms. The Hall–Kier alpha value is -3.89. The Morgan fingerprint density at radius 2 is 1.67 bits per heavy atom. The van der Waals surface area contributed by atoms with Crippen molar-refractivity contribution in [2.45, 2.75) is 28.9 Å². The van der Waals surface area contributed by atoms with Crippen molar-refractivity contribution in [1.29, 1.82) is 0 Å². The molecule has 10 heteroatoms. The molecular formula is C26H22N2O6S2. The summed E-state index contributed by atoms with van der Waals surface area (Å²) < 4.78 is 45.7. The van der Waals surface area contributed by atoms with Gasteiger partial charge in [0.25, 0.3) is 0 Å². The molecule has 0 bridgehead atoms. The molecule has 0 aliphatic carbocycles. The number of anilines is 1. The first kappa shape index (κ1) is 25.2. The number of rotatable bonds is 8. The number of nitrogens with one attached hydrogen (secondary N) is 1. The van der Waals surface area contributed by atoms with Crippen LogP contribution >= 0.6 is 0 Å². The van der Waals surface area contributed by atoms with E-state index in [-0.39, 0.29) is 16.6 Å². The van der Waals surface area contributed by atoms with Crippen molar-refractivity contribution < 1.29 is 26.6 Å². The van der Waals surface area contributed by atoms with Gasteiger partial charge >= 0.3 is 0 Å². The van der Waals surface area contributed by atoms with Gasteiger partial charge in [-0.25, -0.2) is 8.42 Å². The Morgan fingerprint density at radius 3 is 2.33 bits per heavy atom. The van der Waals surface area contributed by atoms with Crippen LogP contribution in [0.15, 0.2) is 98.3 Å². The summed E-state index contributed by atoms with van der Waals surface area (Å²) in [7, 11) is -6.37. The monoisotopic (exact) mass is 522 g/mol. The van der Waals surface area contributed by atoms with E-state index in [4.69, 9.17) is 4.42 Å². The third-order valence-corrected chi connectivity index (χ3v) is 8.22. The predicted octanol–water partition coefficient (Wildman–Crippen LogP) is 4.43. The molecule has 184 valence electrons. The van der Waals surface area contributed by atoms with Gasteiger partial charge in [-0.15, -0.1) is 0 Å². The lowest BCUT2D eigenvalue weighted by Crippen LogP contribution is -2.20. The fourth-order valence-corrected chi connectivity index (χ4v) is 5.98. The molecule has 0 fully saturated rings. The number of carbonyl (C=O) groups excluding carboxylic acids is 2. The molecule has 36 heavy (non-hydrogen) atoms. The summed E-state index contributed by atoms with van der Waals surface area (Å²) >= 11 is 0. The molecule has 1 N–H and O–H groups in total. The minimum absolute atomic E-state index is 0.0285. The highest BCUT2D eigenvalue weighted by molar-refractivity contribution is 7.92. The minimum atomic E-state index is -4.20. The molecule has 0 radical (unpaired) electrons. The first-order chi connectivity index (χ1) is 17.1. The zero-order valence-corrected chi connectivity index (χ0v) is 21.1. The number of benzene rings is 3. The molecule has 0 aliphatic heterocycles. The molecule has 3 aromatic carbocycles. The lowest BCUT2D eigenvalue weighted by Gasteiger charge is -2.07. The zero-order chi connectivity index (χ0) is 25.9. The van der Waals surface area contributed by atoms with Gasteiger partial charge in [0.2, 0.25) is 31.8 Å². The van der Waals surface area contributed by atoms with Crippen molar-refractivity contribution in [3.8, 4) is 11.5 Å². The number of aromatic nitrogens is 1. The van der Waals surface area contributed by atoms with Crippen LogP contribution in [-0.2, 0) is 25.4 Å². The van der Waals surface area contributed by atoms with Crippen molar-refractivity contribution in [2.75, 3.05) is 11.1 Å². The van der Waals surface area contributed by atoms with Gasteiger partial charge in [-0.3, -0.25) is 13.8 Å².